The number of urea groups is 1. The molecular formula is C15H22N2O3. The number of amides is 2. The first kappa shape index (κ1) is 16.0. The van der Waals surface area contributed by atoms with Crippen LogP contribution in [0.15, 0.2) is 24.3 Å². The number of aliphatic carboxylic acids is 1. The van der Waals surface area contributed by atoms with Crippen LogP contribution in [-0.4, -0.2) is 23.7 Å². The average molecular weight is 278 g/mol. The van der Waals surface area contributed by atoms with Crippen LogP contribution in [0.3, 0.4) is 0 Å². The molecule has 1 aromatic carbocycles. The summed E-state index contributed by atoms with van der Waals surface area (Å²) in [5.41, 5.74) is 2.23. The van der Waals surface area contributed by atoms with Crippen molar-refractivity contribution in [2.24, 2.45) is 5.92 Å². The standard InChI is InChI=1S/C15H22N2O3/c1-11(7-8-14(18)19)9-16-15(20)17-10-13-6-4-3-5-12(13)2/h3-6,11H,7-10H2,1-2H3,(H,18,19)(H2,16,17,20). The van der Waals surface area contributed by atoms with Crippen molar-refractivity contribution in [3.63, 3.8) is 0 Å². The largest absolute Gasteiger partial charge is 0.481 e. The van der Waals surface area contributed by atoms with Crippen LogP contribution in [0.1, 0.15) is 30.9 Å². The number of aryl methyl sites for hydroxylation is 1. The van der Waals surface area contributed by atoms with Crippen LogP contribution < -0.4 is 10.6 Å². The Morgan fingerprint density at radius 1 is 1.25 bits per heavy atom. The summed E-state index contributed by atoms with van der Waals surface area (Å²) in [4.78, 5) is 22.1. The molecule has 1 aromatic rings. The molecule has 0 heterocycles. The maximum absolute atomic E-state index is 11.6. The van der Waals surface area contributed by atoms with Crippen molar-refractivity contribution in [1.82, 2.24) is 10.6 Å². The van der Waals surface area contributed by atoms with E-state index < -0.39 is 5.97 Å². The third-order valence-corrected chi connectivity index (χ3v) is 3.16. The number of carbonyl (C=O) groups excluding carboxylic acids is 1. The first-order valence-electron chi connectivity index (χ1n) is 6.77. The van der Waals surface area contributed by atoms with Crippen LogP contribution in [0.4, 0.5) is 4.79 Å². The molecule has 0 radical (unpaired) electrons. The fourth-order valence-electron chi connectivity index (χ4n) is 1.79. The number of hydrogen-bond donors (Lipinski definition) is 3. The van der Waals surface area contributed by atoms with Gasteiger partial charge in [-0.3, -0.25) is 4.79 Å². The molecule has 1 rings (SSSR count). The van der Waals surface area contributed by atoms with E-state index in [1.807, 2.05) is 38.1 Å². The van der Waals surface area contributed by atoms with E-state index in [9.17, 15) is 9.59 Å². The molecule has 0 aliphatic rings. The van der Waals surface area contributed by atoms with E-state index in [4.69, 9.17) is 5.11 Å². The molecule has 0 saturated carbocycles. The second-order valence-corrected chi connectivity index (χ2v) is 5.03. The quantitative estimate of drug-likeness (QED) is 0.716. The molecule has 110 valence electrons. The summed E-state index contributed by atoms with van der Waals surface area (Å²) in [7, 11) is 0. The molecule has 0 fully saturated rings. The van der Waals surface area contributed by atoms with E-state index in [1.54, 1.807) is 0 Å². The van der Waals surface area contributed by atoms with Gasteiger partial charge in [0.1, 0.15) is 0 Å². The molecule has 0 aliphatic carbocycles. The van der Waals surface area contributed by atoms with E-state index in [2.05, 4.69) is 10.6 Å². The van der Waals surface area contributed by atoms with Crippen LogP contribution in [0.5, 0.6) is 0 Å². The average Bonchev–Trinajstić information content (AvgIpc) is 2.42. The fraction of sp³-hybridized carbons (Fsp3) is 0.467. The highest BCUT2D eigenvalue weighted by atomic mass is 16.4. The van der Waals surface area contributed by atoms with Crippen molar-refractivity contribution in [2.45, 2.75) is 33.2 Å². The van der Waals surface area contributed by atoms with Gasteiger partial charge in [0.2, 0.25) is 0 Å². The molecule has 1 unspecified atom stereocenters. The lowest BCUT2D eigenvalue weighted by molar-refractivity contribution is -0.137. The van der Waals surface area contributed by atoms with Crippen LogP contribution in [0.2, 0.25) is 0 Å². The molecule has 0 saturated heterocycles. The molecule has 5 nitrogen and oxygen atoms in total. The lowest BCUT2D eigenvalue weighted by Crippen LogP contribution is -2.37. The second-order valence-electron chi connectivity index (χ2n) is 5.03. The molecule has 0 spiro atoms. The Morgan fingerprint density at radius 3 is 2.60 bits per heavy atom. The number of carboxylic acids is 1. The summed E-state index contributed by atoms with van der Waals surface area (Å²) in [6.07, 6.45) is 0.696. The monoisotopic (exact) mass is 278 g/mol. The minimum absolute atomic E-state index is 0.133. The third kappa shape index (κ3) is 6.22. The first-order valence-corrected chi connectivity index (χ1v) is 6.77. The normalized spacial score (nSPS) is 11.7. The molecule has 5 heteroatoms. The van der Waals surface area contributed by atoms with Crippen molar-refractivity contribution in [3.05, 3.63) is 35.4 Å². The van der Waals surface area contributed by atoms with Gasteiger partial charge in [-0.2, -0.15) is 0 Å². The topological polar surface area (TPSA) is 78.4 Å². The van der Waals surface area contributed by atoms with Crippen molar-refractivity contribution >= 4 is 12.0 Å². The summed E-state index contributed by atoms with van der Waals surface area (Å²) >= 11 is 0. The van der Waals surface area contributed by atoms with Gasteiger partial charge >= 0.3 is 12.0 Å². The predicted octanol–water partition coefficient (Wildman–Crippen LogP) is 2.30. The maximum atomic E-state index is 11.6. The van der Waals surface area contributed by atoms with E-state index in [-0.39, 0.29) is 18.4 Å². The molecular weight excluding hydrogens is 256 g/mol. The zero-order valence-corrected chi connectivity index (χ0v) is 12.0. The Morgan fingerprint density at radius 2 is 1.95 bits per heavy atom. The summed E-state index contributed by atoms with van der Waals surface area (Å²) < 4.78 is 0. The summed E-state index contributed by atoms with van der Waals surface area (Å²) in [5.74, 6) is -0.656. The molecule has 3 N–H and O–H groups in total. The molecule has 0 bridgehead atoms. The number of rotatable bonds is 7. The SMILES string of the molecule is Cc1ccccc1CNC(=O)NCC(C)CCC(=O)O. The van der Waals surface area contributed by atoms with Gasteiger partial charge in [0, 0.05) is 19.5 Å². The van der Waals surface area contributed by atoms with Crippen LogP contribution >= 0.6 is 0 Å². The van der Waals surface area contributed by atoms with E-state index in [1.165, 1.54) is 0 Å². The number of nitrogens with one attached hydrogen (secondary N) is 2. The van der Waals surface area contributed by atoms with E-state index in [0.717, 1.165) is 11.1 Å². The number of carbonyl (C=O) groups is 2. The third-order valence-electron chi connectivity index (χ3n) is 3.16. The highest BCUT2D eigenvalue weighted by Crippen LogP contribution is 2.06. The van der Waals surface area contributed by atoms with Crippen molar-refractivity contribution in [1.29, 1.82) is 0 Å². The van der Waals surface area contributed by atoms with Gasteiger partial charge in [-0.15, -0.1) is 0 Å². The lowest BCUT2D eigenvalue weighted by atomic mass is 10.1. The van der Waals surface area contributed by atoms with Gasteiger partial charge in [-0.1, -0.05) is 31.2 Å². The molecule has 0 aromatic heterocycles. The Kier molecular flexibility index (Phi) is 6.56. The highest BCUT2D eigenvalue weighted by Gasteiger charge is 2.07. The van der Waals surface area contributed by atoms with Crippen molar-refractivity contribution in [2.75, 3.05) is 6.54 Å². The highest BCUT2D eigenvalue weighted by molar-refractivity contribution is 5.73. The summed E-state index contributed by atoms with van der Waals surface area (Å²) in [5, 5.41) is 14.1. The van der Waals surface area contributed by atoms with Gasteiger partial charge in [0.25, 0.3) is 0 Å². The first-order chi connectivity index (χ1) is 9.49. The molecule has 2 amide bonds. The van der Waals surface area contributed by atoms with Crippen molar-refractivity contribution < 1.29 is 14.7 Å². The maximum Gasteiger partial charge on any atom is 0.315 e. The van der Waals surface area contributed by atoms with Crippen LogP contribution in [0.25, 0.3) is 0 Å². The Labute approximate surface area is 119 Å². The molecule has 0 aliphatic heterocycles. The van der Waals surface area contributed by atoms with E-state index >= 15 is 0 Å². The molecule has 20 heavy (non-hydrogen) atoms. The molecule has 1 atom stereocenters. The summed E-state index contributed by atoms with van der Waals surface area (Å²) in [6.45, 7) is 4.89. The van der Waals surface area contributed by atoms with Crippen LogP contribution in [-0.2, 0) is 11.3 Å². The Bertz CT molecular complexity index is 460. The van der Waals surface area contributed by atoms with Crippen LogP contribution in [0, 0.1) is 12.8 Å². The van der Waals surface area contributed by atoms with E-state index in [0.29, 0.717) is 19.5 Å². The minimum Gasteiger partial charge on any atom is -0.481 e. The minimum atomic E-state index is -0.805. The smallest absolute Gasteiger partial charge is 0.315 e. The zero-order valence-electron chi connectivity index (χ0n) is 12.0. The predicted molar refractivity (Wildman–Crippen MR) is 77.5 cm³/mol. The van der Waals surface area contributed by atoms with Gasteiger partial charge < -0.3 is 15.7 Å². The lowest BCUT2D eigenvalue weighted by Gasteiger charge is -2.13. The Hall–Kier alpha value is -2.04. The number of hydrogen-bond acceptors (Lipinski definition) is 2. The summed E-state index contributed by atoms with van der Waals surface area (Å²) in [6, 6.07) is 7.66. The number of carboxylic acid groups (broad SMARTS) is 1. The Balaban J connectivity index is 2.24. The van der Waals surface area contributed by atoms with Gasteiger partial charge in [-0.05, 0) is 30.4 Å². The fourth-order valence-corrected chi connectivity index (χ4v) is 1.79. The number of benzene rings is 1. The van der Waals surface area contributed by atoms with Gasteiger partial charge in [0.15, 0.2) is 0 Å². The zero-order chi connectivity index (χ0) is 15.0. The van der Waals surface area contributed by atoms with Gasteiger partial charge in [-0.25, -0.2) is 4.79 Å². The van der Waals surface area contributed by atoms with Gasteiger partial charge in [0.05, 0.1) is 0 Å². The van der Waals surface area contributed by atoms with Crippen molar-refractivity contribution in [3.8, 4) is 0 Å². The second kappa shape index (κ2) is 8.19.